The maximum absolute atomic E-state index is 12.2. The van der Waals surface area contributed by atoms with E-state index in [-0.39, 0.29) is 5.91 Å². The molecule has 1 aromatic carbocycles. The molecule has 0 spiro atoms. The number of fused-ring (bicyclic) bond motifs is 1. The van der Waals surface area contributed by atoms with Crippen molar-refractivity contribution in [3.05, 3.63) is 23.8 Å². The third-order valence-electron chi connectivity index (χ3n) is 3.21. The summed E-state index contributed by atoms with van der Waals surface area (Å²) in [6.07, 6.45) is 3.45. The number of aromatic amines is 1. The lowest BCUT2D eigenvalue weighted by Gasteiger charge is -2.26. The number of likely N-dealkylation sites (tertiary alicyclic amines) is 1. The lowest BCUT2D eigenvalue weighted by atomic mass is 10.1. The van der Waals surface area contributed by atoms with Gasteiger partial charge in [0.2, 0.25) is 0 Å². The molecule has 5 heteroatoms. The Morgan fingerprint density at radius 1 is 1.12 bits per heavy atom. The molecule has 1 aromatic heterocycles. The summed E-state index contributed by atoms with van der Waals surface area (Å²) in [6, 6.07) is 5.45. The number of benzene rings is 1. The van der Waals surface area contributed by atoms with E-state index in [9.17, 15) is 4.79 Å². The summed E-state index contributed by atoms with van der Waals surface area (Å²) in [5, 5.41) is 10.5. The highest BCUT2D eigenvalue weighted by atomic mass is 16.2. The highest BCUT2D eigenvalue weighted by molar-refractivity contribution is 5.97. The first-order valence-corrected chi connectivity index (χ1v) is 5.94. The van der Waals surface area contributed by atoms with Crippen LogP contribution in [0.25, 0.3) is 11.0 Å². The van der Waals surface area contributed by atoms with Crippen LogP contribution < -0.4 is 0 Å². The molecule has 3 rings (SSSR count). The van der Waals surface area contributed by atoms with Gasteiger partial charge in [0.1, 0.15) is 11.0 Å². The number of carbonyl (C=O) groups is 1. The van der Waals surface area contributed by atoms with Crippen molar-refractivity contribution < 1.29 is 4.79 Å². The predicted molar refractivity (Wildman–Crippen MR) is 63.6 cm³/mol. The second kappa shape index (κ2) is 4.16. The summed E-state index contributed by atoms with van der Waals surface area (Å²) >= 11 is 0. The molecular weight excluding hydrogens is 216 g/mol. The molecule has 0 saturated carbocycles. The first-order valence-electron chi connectivity index (χ1n) is 5.94. The van der Waals surface area contributed by atoms with Crippen LogP contribution >= 0.6 is 0 Å². The summed E-state index contributed by atoms with van der Waals surface area (Å²) in [5.74, 6) is 0.106. The van der Waals surface area contributed by atoms with Gasteiger partial charge in [-0.2, -0.15) is 15.4 Å². The van der Waals surface area contributed by atoms with Crippen LogP contribution in [0.4, 0.5) is 0 Å². The van der Waals surface area contributed by atoms with Gasteiger partial charge >= 0.3 is 0 Å². The van der Waals surface area contributed by atoms with E-state index in [1.807, 2.05) is 17.0 Å². The Kier molecular flexibility index (Phi) is 2.51. The Morgan fingerprint density at radius 2 is 1.88 bits per heavy atom. The second-order valence-electron chi connectivity index (χ2n) is 4.38. The molecule has 1 N–H and O–H groups in total. The van der Waals surface area contributed by atoms with Gasteiger partial charge in [0, 0.05) is 18.7 Å². The van der Waals surface area contributed by atoms with Crippen LogP contribution in [-0.4, -0.2) is 39.3 Å². The van der Waals surface area contributed by atoms with Crippen molar-refractivity contribution in [3.8, 4) is 0 Å². The number of amides is 1. The minimum absolute atomic E-state index is 0.106. The molecule has 1 saturated heterocycles. The zero-order chi connectivity index (χ0) is 11.7. The van der Waals surface area contributed by atoms with E-state index >= 15 is 0 Å². The molecule has 1 amide bonds. The largest absolute Gasteiger partial charge is 0.339 e. The summed E-state index contributed by atoms with van der Waals surface area (Å²) in [4.78, 5) is 14.2. The van der Waals surface area contributed by atoms with Gasteiger partial charge in [-0.05, 0) is 37.5 Å². The Morgan fingerprint density at radius 3 is 2.71 bits per heavy atom. The summed E-state index contributed by atoms with van der Waals surface area (Å²) in [7, 11) is 0. The molecule has 0 bridgehead atoms. The molecule has 0 radical (unpaired) electrons. The molecule has 5 nitrogen and oxygen atoms in total. The third-order valence-corrected chi connectivity index (χ3v) is 3.21. The second-order valence-corrected chi connectivity index (χ2v) is 4.38. The van der Waals surface area contributed by atoms with Crippen molar-refractivity contribution in [2.75, 3.05) is 13.1 Å². The van der Waals surface area contributed by atoms with Crippen LogP contribution in [0.15, 0.2) is 18.2 Å². The average Bonchev–Trinajstić information content (AvgIpc) is 2.86. The summed E-state index contributed by atoms with van der Waals surface area (Å²) in [6.45, 7) is 1.74. The molecule has 88 valence electrons. The van der Waals surface area contributed by atoms with Crippen LogP contribution in [0, 0.1) is 0 Å². The molecule has 1 aliphatic rings. The van der Waals surface area contributed by atoms with E-state index in [0.717, 1.165) is 37.0 Å². The van der Waals surface area contributed by atoms with Crippen molar-refractivity contribution in [1.29, 1.82) is 0 Å². The fourth-order valence-electron chi connectivity index (χ4n) is 2.25. The molecule has 0 aliphatic carbocycles. The number of rotatable bonds is 1. The number of H-pyrrole nitrogens is 1. The van der Waals surface area contributed by atoms with Gasteiger partial charge in [-0.1, -0.05) is 0 Å². The van der Waals surface area contributed by atoms with Gasteiger partial charge in [-0.25, -0.2) is 0 Å². The normalized spacial score (nSPS) is 16.4. The standard InChI is InChI=1S/C12H14N4O/c17-12(16-6-2-1-3-7-16)9-4-5-10-11(8-9)14-15-13-10/h4-5,8H,1-3,6-7H2,(H,13,14,15). The number of aromatic nitrogens is 3. The summed E-state index contributed by atoms with van der Waals surface area (Å²) < 4.78 is 0. The number of nitrogens with one attached hydrogen (secondary N) is 1. The van der Waals surface area contributed by atoms with Crippen molar-refractivity contribution >= 4 is 16.9 Å². The van der Waals surface area contributed by atoms with Crippen molar-refractivity contribution in [2.24, 2.45) is 0 Å². The van der Waals surface area contributed by atoms with Crippen LogP contribution in [0.1, 0.15) is 29.6 Å². The van der Waals surface area contributed by atoms with E-state index in [4.69, 9.17) is 0 Å². The number of nitrogens with zero attached hydrogens (tertiary/aromatic N) is 3. The molecule has 0 unspecified atom stereocenters. The molecule has 2 heterocycles. The molecule has 1 aliphatic heterocycles. The van der Waals surface area contributed by atoms with E-state index in [1.54, 1.807) is 6.07 Å². The SMILES string of the molecule is O=C(c1ccc2n[nH]nc2c1)N1CCCCC1. The number of hydrogen-bond donors (Lipinski definition) is 1. The van der Waals surface area contributed by atoms with Gasteiger partial charge in [0.15, 0.2) is 0 Å². The third kappa shape index (κ3) is 1.88. The van der Waals surface area contributed by atoms with Crippen LogP contribution in [0.3, 0.4) is 0 Å². The van der Waals surface area contributed by atoms with Gasteiger partial charge in [-0.3, -0.25) is 4.79 Å². The first-order chi connectivity index (χ1) is 8.34. The van der Waals surface area contributed by atoms with Crippen molar-refractivity contribution in [1.82, 2.24) is 20.3 Å². The van der Waals surface area contributed by atoms with E-state index in [1.165, 1.54) is 6.42 Å². The molecular formula is C12H14N4O. The maximum atomic E-state index is 12.2. The fourth-order valence-corrected chi connectivity index (χ4v) is 2.25. The minimum Gasteiger partial charge on any atom is -0.339 e. The van der Waals surface area contributed by atoms with Gasteiger partial charge in [0.25, 0.3) is 5.91 Å². The summed E-state index contributed by atoms with van der Waals surface area (Å²) in [5.41, 5.74) is 2.24. The quantitative estimate of drug-likeness (QED) is 0.809. The number of piperidine rings is 1. The fraction of sp³-hybridized carbons (Fsp3) is 0.417. The highest BCUT2D eigenvalue weighted by Crippen LogP contribution is 2.16. The van der Waals surface area contributed by atoms with Gasteiger partial charge in [-0.15, -0.1) is 0 Å². The van der Waals surface area contributed by atoms with E-state index in [0.29, 0.717) is 5.56 Å². The smallest absolute Gasteiger partial charge is 0.253 e. The highest BCUT2D eigenvalue weighted by Gasteiger charge is 2.18. The topological polar surface area (TPSA) is 61.9 Å². The number of carbonyl (C=O) groups excluding carboxylic acids is 1. The first kappa shape index (κ1) is 10.3. The lowest BCUT2D eigenvalue weighted by molar-refractivity contribution is 0.0724. The molecule has 0 atom stereocenters. The maximum Gasteiger partial charge on any atom is 0.253 e. The predicted octanol–water partition coefficient (Wildman–Crippen LogP) is 1.58. The van der Waals surface area contributed by atoms with Crippen LogP contribution in [-0.2, 0) is 0 Å². The zero-order valence-corrected chi connectivity index (χ0v) is 9.52. The van der Waals surface area contributed by atoms with Gasteiger partial charge in [0.05, 0.1) is 0 Å². The van der Waals surface area contributed by atoms with Gasteiger partial charge < -0.3 is 4.90 Å². The van der Waals surface area contributed by atoms with Crippen molar-refractivity contribution in [2.45, 2.75) is 19.3 Å². The van der Waals surface area contributed by atoms with Crippen LogP contribution in [0.5, 0.6) is 0 Å². The molecule has 1 fully saturated rings. The number of hydrogen-bond acceptors (Lipinski definition) is 3. The average molecular weight is 230 g/mol. The minimum atomic E-state index is 0.106. The Bertz CT molecular complexity index is 542. The molecule has 17 heavy (non-hydrogen) atoms. The van der Waals surface area contributed by atoms with E-state index in [2.05, 4.69) is 15.4 Å². The Labute approximate surface area is 98.8 Å². The Balaban J connectivity index is 1.88. The monoisotopic (exact) mass is 230 g/mol. The molecule has 2 aromatic rings. The lowest BCUT2D eigenvalue weighted by Crippen LogP contribution is -2.35. The Hall–Kier alpha value is -1.91. The van der Waals surface area contributed by atoms with Crippen LogP contribution in [0.2, 0.25) is 0 Å². The van der Waals surface area contributed by atoms with Crippen molar-refractivity contribution in [3.63, 3.8) is 0 Å². The van der Waals surface area contributed by atoms with E-state index < -0.39 is 0 Å². The zero-order valence-electron chi connectivity index (χ0n) is 9.52.